The Bertz CT molecular complexity index is 1160. The summed E-state index contributed by atoms with van der Waals surface area (Å²) in [5.74, 6) is 6.07. The highest BCUT2D eigenvalue weighted by molar-refractivity contribution is 5.99. The number of pyridine rings is 1. The molecule has 0 unspecified atom stereocenters. The number of fused-ring (bicyclic) bond motifs is 2. The van der Waals surface area contributed by atoms with Gasteiger partial charge >= 0.3 is 5.97 Å². The minimum atomic E-state index is -0.622. The van der Waals surface area contributed by atoms with Crippen LogP contribution in [-0.4, -0.2) is 17.6 Å². The van der Waals surface area contributed by atoms with E-state index in [-0.39, 0.29) is 34.5 Å². The minimum absolute atomic E-state index is 0.0367. The van der Waals surface area contributed by atoms with E-state index in [1.165, 1.54) is 6.07 Å². The van der Waals surface area contributed by atoms with E-state index in [4.69, 9.17) is 14.9 Å². The van der Waals surface area contributed by atoms with E-state index in [1.807, 2.05) is 6.07 Å². The molecule has 2 heterocycles. The highest BCUT2D eigenvalue weighted by Crippen LogP contribution is 2.28. The number of ether oxygens (including phenoxy) is 1. The number of anilines is 1. The number of hydrogen-bond acceptors (Lipinski definition) is 6. The van der Waals surface area contributed by atoms with Gasteiger partial charge in [0.2, 0.25) is 11.1 Å². The number of nitrogen functional groups attached to an aromatic ring is 1. The van der Waals surface area contributed by atoms with Crippen molar-refractivity contribution in [3.8, 4) is 11.8 Å². The van der Waals surface area contributed by atoms with Crippen molar-refractivity contribution in [3.63, 3.8) is 0 Å². The first-order valence-electron chi connectivity index (χ1n) is 8.42. The van der Waals surface area contributed by atoms with Crippen LogP contribution in [0.2, 0.25) is 0 Å². The van der Waals surface area contributed by atoms with E-state index >= 15 is 0 Å². The number of nitrogens with zero attached hydrogens (tertiary/aromatic N) is 1. The van der Waals surface area contributed by atoms with Gasteiger partial charge in [0.05, 0.1) is 17.4 Å². The van der Waals surface area contributed by atoms with Crippen molar-refractivity contribution >= 4 is 33.9 Å². The predicted octanol–water partition coefficient (Wildman–Crippen LogP) is 2.86. The Hall–Kier alpha value is -3.33. The average molecular weight is 348 g/mol. The third-order valence-corrected chi connectivity index (χ3v) is 4.19. The fourth-order valence-corrected chi connectivity index (χ4v) is 2.66. The fraction of sp³-hybridized carbons (Fsp3) is 0.250. The predicted molar refractivity (Wildman–Crippen MR) is 97.8 cm³/mol. The van der Waals surface area contributed by atoms with Gasteiger partial charge in [0.15, 0.2) is 0 Å². The molecule has 0 saturated heterocycles. The largest absolute Gasteiger partial charge is 0.462 e. The van der Waals surface area contributed by atoms with Gasteiger partial charge in [0.1, 0.15) is 17.0 Å². The van der Waals surface area contributed by atoms with Gasteiger partial charge in [-0.1, -0.05) is 11.8 Å². The number of aromatic nitrogens is 1. The summed E-state index contributed by atoms with van der Waals surface area (Å²) in [4.78, 5) is 29.0. The molecule has 4 rings (SSSR count). The summed E-state index contributed by atoms with van der Waals surface area (Å²) in [5, 5.41) is 0.573. The second-order valence-electron chi connectivity index (χ2n) is 6.18. The third-order valence-electron chi connectivity index (χ3n) is 4.19. The van der Waals surface area contributed by atoms with E-state index in [2.05, 4.69) is 16.8 Å². The molecule has 3 aromatic rings. The second-order valence-corrected chi connectivity index (χ2v) is 6.18. The molecule has 2 N–H and O–H groups in total. The van der Waals surface area contributed by atoms with E-state index < -0.39 is 5.97 Å². The van der Waals surface area contributed by atoms with Crippen molar-refractivity contribution in [2.24, 2.45) is 5.92 Å². The van der Waals surface area contributed by atoms with Crippen molar-refractivity contribution in [1.29, 1.82) is 0 Å². The molecule has 130 valence electrons. The van der Waals surface area contributed by atoms with Crippen molar-refractivity contribution < 1.29 is 13.9 Å². The molecule has 26 heavy (non-hydrogen) atoms. The van der Waals surface area contributed by atoms with Crippen LogP contribution in [0.5, 0.6) is 0 Å². The van der Waals surface area contributed by atoms with Gasteiger partial charge in [-0.05, 0) is 44.0 Å². The topological polar surface area (TPSA) is 95.4 Å². The zero-order valence-corrected chi connectivity index (χ0v) is 14.2. The molecule has 1 fully saturated rings. The van der Waals surface area contributed by atoms with Crippen LogP contribution in [0.25, 0.3) is 22.1 Å². The first kappa shape index (κ1) is 16.2. The molecule has 1 aromatic carbocycles. The molecular formula is C20H16N2O4. The Balaban J connectivity index is 1.90. The number of benzene rings is 1. The highest BCUT2D eigenvalue weighted by Gasteiger charge is 2.19. The number of esters is 1. The van der Waals surface area contributed by atoms with Crippen LogP contribution < -0.4 is 11.2 Å². The quantitative estimate of drug-likeness (QED) is 0.435. The molecule has 0 bridgehead atoms. The van der Waals surface area contributed by atoms with Crippen LogP contribution in [0.3, 0.4) is 0 Å². The van der Waals surface area contributed by atoms with Crippen LogP contribution in [0.4, 0.5) is 5.82 Å². The summed E-state index contributed by atoms with van der Waals surface area (Å²) in [6, 6.07) is 6.59. The minimum Gasteiger partial charge on any atom is -0.462 e. The Morgan fingerprint density at radius 2 is 2.15 bits per heavy atom. The third kappa shape index (κ3) is 2.88. The van der Waals surface area contributed by atoms with E-state index in [1.54, 1.807) is 19.1 Å². The smallest absolute Gasteiger partial charge is 0.341 e. The standard InChI is InChI=1S/C20H16N2O4/c1-2-25-20(24)15-10-14-17(23)13-9-12(6-5-11-3-4-11)7-8-16(13)26-19(14)22-18(15)21/h7-11H,2-4H2,1H3,(H2,21,22). The molecule has 0 spiro atoms. The molecule has 1 aliphatic carbocycles. The summed E-state index contributed by atoms with van der Waals surface area (Å²) >= 11 is 0. The number of rotatable bonds is 2. The van der Waals surface area contributed by atoms with Gasteiger partial charge in [-0.15, -0.1) is 0 Å². The average Bonchev–Trinajstić information content (AvgIpc) is 3.44. The van der Waals surface area contributed by atoms with Crippen LogP contribution in [0, 0.1) is 17.8 Å². The highest BCUT2D eigenvalue weighted by atomic mass is 16.5. The maximum Gasteiger partial charge on any atom is 0.341 e. The molecule has 2 aromatic heterocycles. The zero-order chi connectivity index (χ0) is 18.3. The second kappa shape index (κ2) is 6.19. The lowest BCUT2D eigenvalue weighted by molar-refractivity contribution is 0.0527. The Kier molecular flexibility index (Phi) is 3.85. The molecule has 0 aliphatic heterocycles. The van der Waals surface area contributed by atoms with Crippen LogP contribution >= 0.6 is 0 Å². The summed E-state index contributed by atoms with van der Waals surface area (Å²) in [6.45, 7) is 1.89. The number of nitrogens with two attached hydrogens (primary N) is 1. The summed E-state index contributed by atoms with van der Waals surface area (Å²) in [5.41, 5.74) is 6.83. The molecule has 6 heteroatoms. The molecule has 0 amide bonds. The lowest BCUT2D eigenvalue weighted by atomic mass is 10.1. The number of carbonyl (C=O) groups excluding carboxylic acids is 1. The van der Waals surface area contributed by atoms with E-state index in [0.717, 1.165) is 18.4 Å². The van der Waals surface area contributed by atoms with Gasteiger partial charge in [0, 0.05) is 11.5 Å². The van der Waals surface area contributed by atoms with Gasteiger partial charge in [-0.25, -0.2) is 4.79 Å². The van der Waals surface area contributed by atoms with Gasteiger partial charge in [-0.2, -0.15) is 4.98 Å². The number of carbonyl (C=O) groups is 1. The van der Waals surface area contributed by atoms with Gasteiger partial charge < -0.3 is 14.9 Å². The normalized spacial score (nSPS) is 13.4. The first-order chi connectivity index (χ1) is 12.6. The van der Waals surface area contributed by atoms with Gasteiger partial charge in [-0.3, -0.25) is 4.79 Å². The number of hydrogen-bond donors (Lipinski definition) is 1. The van der Waals surface area contributed by atoms with Crippen molar-refractivity contribution in [3.05, 3.63) is 45.6 Å². The maximum absolute atomic E-state index is 12.9. The SMILES string of the molecule is CCOC(=O)c1cc2c(=O)c3cc(C#CC4CC4)ccc3oc2nc1N. The summed E-state index contributed by atoms with van der Waals surface area (Å²) in [6.07, 6.45) is 2.27. The molecule has 1 aliphatic rings. The molecule has 0 radical (unpaired) electrons. The van der Waals surface area contributed by atoms with Crippen molar-refractivity contribution in [2.45, 2.75) is 19.8 Å². The molecule has 0 atom stereocenters. The Labute approximate surface area is 149 Å². The summed E-state index contributed by atoms with van der Waals surface area (Å²) in [7, 11) is 0. The van der Waals surface area contributed by atoms with Crippen molar-refractivity contribution in [1.82, 2.24) is 4.98 Å². The Morgan fingerprint density at radius 1 is 1.35 bits per heavy atom. The van der Waals surface area contributed by atoms with Gasteiger partial charge in [0.25, 0.3) is 0 Å². The maximum atomic E-state index is 12.9. The van der Waals surface area contributed by atoms with Crippen molar-refractivity contribution in [2.75, 3.05) is 12.3 Å². The fourth-order valence-electron chi connectivity index (χ4n) is 2.66. The van der Waals surface area contributed by atoms with Crippen LogP contribution in [0.15, 0.2) is 33.5 Å². The lowest BCUT2D eigenvalue weighted by Gasteiger charge is -2.07. The lowest BCUT2D eigenvalue weighted by Crippen LogP contribution is -2.12. The zero-order valence-electron chi connectivity index (χ0n) is 14.2. The van der Waals surface area contributed by atoms with Crippen LogP contribution in [-0.2, 0) is 4.74 Å². The summed E-state index contributed by atoms with van der Waals surface area (Å²) < 4.78 is 10.7. The first-order valence-corrected chi connectivity index (χ1v) is 8.42. The van der Waals surface area contributed by atoms with Crippen LogP contribution in [0.1, 0.15) is 35.7 Å². The van der Waals surface area contributed by atoms with E-state index in [0.29, 0.717) is 16.9 Å². The molecular weight excluding hydrogens is 332 g/mol. The molecule has 6 nitrogen and oxygen atoms in total. The van der Waals surface area contributed by atoms with E-state index in [9.17, 15) is 9.59 Å². The monoisotopic (exact) mass is 348 g/mol. The molecule has 1 saturated carbocycles. The Morgan fingerprint density at radius 3 is 2.88 bits per heavy atom.